The summed E-state index contributed by atoms with van der Waals surface area (Å²) in [5, 5.41) is 0.543. The molecule has 4 rings (SSSR count). The lowest BCUT2D eigenvalue weighted by Crippen LogP contribution is -2.23. The Balaban J connectivity index is 1.50. The molecule has 1 aliphatic rings. The lowest BCUT2D eigenvalue weighted by Gasteiger charge is -2.11. The van der Waals surface area contributed by atoms with Gasteiger partial charge < -0.3 is 14.2 Å². The van der Waals surface area contributed by atoms with Crippen molar-refractivity contribution in [2.75, 3.05) is 21.3 Å². The topological polar surface area (TPSA) is 77.4 Å². The molecule has 3 aromatic carbocycles. The van der Waals surface area contributed by atoms with E-state index in [0.29, 0.717) is 39.4 Å². The number of hydrogen-bond acceptors (Lipinski definition) is 7. The molecule has 178 valence electrons. The first-order valence-corrected chi connectivity index (χ1v) is 11.6. The number of esters is 1. The summed E-state index contributed by atoms with van der Waals surface area (Å²) < 4.78 is 16.1. The second-order valence-corrected chi connectivity index (χ2v) is 8.60. The van der Waals surface area contributed by atoms with E-state index in [1.165, 1.54) is 23.8 Å². The van der Waals surface area contributed by atoms with Crippen molar-refractivity contribution in [3.63, 3.8) is 0 Å². The molecule has 3 aromatic rings. The zero-order valence-electron chi connectivity index (χ0n) is 19.6. The van der Waals surface area contributed by atoms with Gasteiger partial charge in [-0.1, -0.05) is 36.4 Å². The van der Waals surface area contributed by atoms with Gasteiger partial charge in [-0.05, 0) is 65.4 Å². The van der Waals surface area contributed by atoms with Gasteiger partial charge in [0.05, 0.1) is 30.4 Å². The van der Waals surface area contributed by atoms with Gasteiger partial charge in [-0.15, -0.1) is 0 Å². The molecule has 8 heteroatoms. The first-order chi connectivity index (χ1) is 17.0. The number of carbonyl (C=O) groups excluding carboxylic acids is 2. The molecule has 1 saturated heterocycles. The summed E-state index contributed by atoms with van der Waals surface area (Å²) in [6.45, 7) is 0.428. The number of amides is 1. The SMILES string of the molecule is COC(=O)c1ccc(N=C2SC(=Cc3ccc(OCc4ccccc4)c(OC)c3)C(=O)N2C)cc1. The van der Waals surface area contributed by atoms with Crippen LogP contribution in [0.2, 0.25) is 0 Å². The minimum atomic E-state index is -0.413. The molecule has 0 radical (unpaired) electrons. The number of likely N-dealkylation sites (N-methyl/N-ethyl adjacent to an activating group) is 1. The minimum Gasteiger partial charge on any atom is -0.493 e. The number of carbonyl (C=O) groups is 2. The highest BCUT2D eigenvalue weighted by molar-refractivity contribution is 8.18. The van der Waals surface area contributed by atoms with E-state index in [2.05, 4.69) is 4.99 Å². The lowest BCUT2D eigenvalue weighted by atomic mass is 10.2. The van der Waals surface area contributed by atoms with Gasteiger partial charge in [0.1, 0.15) is 6.61 Å². The van der Waals surface area contributed by atoms with Crippen LogP contribution in [0.15, 0.2) is 82.7 Å². The fourth-order valence-electron chi connectivity index (χ4n) is 3.33. The molecule has 0 spiro atoms. The standard InChI is InChI=1S/C27H24N2O5S/c1-29-25(30)24(35-27(29)28-21-12-10-20(11-13-21)26(31)33-3)16-19-9-14-22(23(15-19)32-2)34-17-18-7-5-4-6-8-18/h4-16H,17H2,1-3H3. The van der Waals surface area contributed by atoms with E-state index in [-0.39, 0.29) is 5.91 Å². The van der Waals surface area contributed by atoms with Gasteiger partial charge in [-0.25, -0.2) is 9.79 Å². The highest BCUT2D eigenvalue weighted by Gasteiger charge is 2.30. The predicted molar refractivity (Wildman–Crippen MR) is 137 cm³/mol. The Morgan fingerprint density at radius 2 is 1.74 bits per heavy atom. The van der Waals surface area contributed by atoms with Crippen LogP contribution in [0.5, 0.6) is 11.5 Å². The zero-order chi connectivity index (χ0) is 24.8. The second kappa shape index (κ2) is 10.9. The molecule has 1 amide bonds. The number of hydrogen-bond donors (Lipinski definition) is 0. The van der Waals surface area contributed by atoms with Gasteiger partial charge in [0.15, 0.2) is 16.7 Å². The molecule has 0 atom stereocenters. The van der Waals surface area contributed by atoms with E-state index in [0.717, 1.165) is 11.1 Å². The summed E-state index contributed by atoms with van der Waals surface area (Å²) in [5.74, 6) is 0.643. The summed E-state index contributed by atoms with van der Waals surface area (Å²) in [4.78, 5) is 31.0. The summed E-state index contributed by atoms with van der Waals surface area (Å²) in [6.07, 6.45) is 1.80. The largest absolute Gasteiger partial charge is 0.493 e. The van der Waals surface area contributed by atoms with Gasteiger partial charge in [0.25, 0.3) is 5.91 Å². The molecule has 0 N–H and O–H groups in total. The molecule has 1 fully saturated rings. The maximum Gasteiger partial charge on any atom is 0.337 e. The quantitative estimate of drug-likeness (QED) is 0.332. The number of ether oxygens (including phenoxy) is 3. The fourth-order valence-corrected chi connectivity index (χ4v) is 4.32. The van der Waals surface area contributed by atoms with Gasteiger partial charge in [0.2, 0.25) is 0 Å². The Kier molecular flexibility index (Phi) is 7.52. The smallest absolute Gasteiger partial charge is 0.337 e. The third-order valence-electron chi connectivity index (χ3n) is 5.24. The zero-order valence-corrected chi connectivity index (χ0v) is 20.4. The Hall–Kier alpha value is -4.04. The van der Waals surface area contributed by atoms with E-state index < -0.39 is 5.97 Å². The van der Waals surface area contributed by atoms with Crippen molar-refractivity contribution in [2.24, 2.45) is 4.99 Å². The lowest BCUT2D eigenvalue weighted by molar-refractivity contribution is -0.121. The average molecular weight is 489 g/mol. The van der Waals surface area contributed by atoms with Crippen LogP contribution >= 0.6 is 11.8 Å². The Labute approximate surface area is 208 Å². The number of amidine groups is 1. The van der Waals surface area contributed by atoms with Crippen LogP contribution in [-0.2, 0) is 16.1 Å². The van der Waals surface area contributed by atoms with E-state index >= 15 is 0 Å². The molecule has 0 aliphatic carbocycles. The molecule has 0 bridgehead atoms. The molecule has 7 nitrogen and oxygen atoms in total. The van der Waals surface area contributed by atoms with Crippen molar-refractivity contribution in [1.29, 1.82) is 0 Å². The predicted octanol–water partition coefficient (Wildman–Crippen LogP) is 5.29. The maximum atomic E-state index is 12.8. The van der Waals surface area contributed by atoms with Crippen LogP contribution in [0.4, 0.5) is 5.69 Å². The van der Waals surface area contributed by atoms with Gasteiger partial charge >= 0.3 is 5.97 Å². The van der Waals surface area contributed by atoms with Crippen LogP contribution in [0.3, 0.4) is 0 Å². The number of thioether (sulfide) groups is 1. The highest BCUT2D eigenvalue weighted by Crippen LogP contribution is 2.35. The fraction of sp³-hybridized carbons (Fsp3) is 0.148. The van der Waals surface area contributed by atoms with Gasteiger partial charge in [0, 0.05) is 7.05 Å². The molecule has 0 aromatic heterocycles. The number of aliphatic imine (C=N–C) groups is 1. The van der Waals surface area contributed by atoms with Crippen LogP contribution < -0.4 is 9.47 Å². The van der Waals surface area contributed by atoms with E-state index in [4.69, 9.17) is 14.2 Å². The minimum absolute atomic E-state index is 0.150. The normalized spacial score (nSPS) is 15.5. The van der Waals surface area contributed by atoms with Gasteiger partial charge in [-0.2, -0.15) is 0 Å². The van der Waals surface area contributed by atoms with E-state index in [9.17, 15) is 9.59 Å². The molecule has 0 saturated carbocycles. The van der Waals surface area contributed by atoms with Crippen LogP contribution in [0, 0.1) is 0 Å². The maximum absolute atomic E-state index is 12.8. The molecule has 1 aliphatic heterocycles. The third kappa shape index (κ3) is 5.73. The number of nitrogens with zero attached hydrogens (tertiary/aromatic N) is 2. The Bertz CT molecular complexity index is 1290. The Morgan fingerprint density at radius 1 is 1.00 bits per heavy atom. The molecular formula is C27H24N2O5S. The van der Waals surface area contributed by atoms with Crippen LogP contribution in [0.1, 0.15) is 21.5 Å². The number of rotatable bonds is 7. The van der Waals surface area contributed by atoms with Crippen molar-refractivity contribution < 1.29 is 23.8 Å². The van der Waals surface area contributed by atoms with Crippen molar-refractivity contribution in [3.8, 4) is 11.5 Å². The summed E-state index contributed by atoms with van der Waals surface area (Å²) >= 11 is 1.28. The van der Waals surface area contributed by atoms with Crippen molar-refractivity contribution >= 4 is 40.6 Å². The summed E-state index contributed by atoms with van der Waals surface area (Å²) in [5.41, 5.74) is 2.93. The monoisotopic (exact) mass is 488 g/mol. The van der Waals surface area contributed by atoms with Crippen LogP contribution in [-0.4, -0.2) is 43.2 Å². The van der Waals surface area contributed by atoms with Crippen LogP contribution in [0.25, 0.3) is 6.08 Å². The van der Waals surface area contributed by atoms with Crippen molar-refractivity contribution in [1.82, 2.24) is 4.90 Å². The van der Waals surface area contributed by atoms with E-state index in [1.54, 1.807) is 44.5 Å². The third-order valence-corrected chi connectivity index (χ3v) is 6.30. The number of methoxy groups -OCH3 is 2. The van der Waals surface area contributed by atoms with Crippen molar-refractivity contribution in [3.05, 3.63) is 94.4 Å². The molecule has 0 unspecified atom stereocenters. The Morgan fingerprint density at radius 3 is 2.43 bits per heavy atom. The molecule has 35 heavy (non-hydrogen) atoms. The van der Waals surface area contributed by atoms with Gasteiger partial charge in [-0.3, -0.25) is 9.69 Å². The summed E-state index contributed by atoms with van der Waals surface area (Å²) in [7, 11) is 4.60. The highest BCUT2D eigenvalue weighted by atomic mass is 32.2. The summed E-state index contributed by atoms with van der Waals surface area (Å²) in [6, 6.07) is 22.1. The average Bonchev–Trinajstić information content (AvgIpc) is 3.15. The second-order valence-electron chi connectivity index (χ2n) is 7.59. The molecule has 1 heterocycles. The van der Waals surface area contributed by atoms with Crippen molar-refractivity contribution in [2.45, 2.75) is 6.61 Å². The molecular weight excluding hydrogens is 464 g/mol. The first kappa shape index (κ1) is 24.1. The van der Waals surface area contributed by atoms with E-state index in [1.807, 2.05) is 48.5 Å². The number of benzene rings is 3. The first-order valence-electron chi connectivity index (χ1n) is 10.8.